The summed E-state index contributed by atoms with van der Waals surface area (Å²) in [5.74, 6) is -0.387. The van der Waals surface area contributed by atoms with Crippen LogP contribution in [-0.4, -0.2) is 11.4 Å². The molecule has 74 valence electrons. The third kappa shape index (κ3) is 3.11. The normalized spacial score (nSPS) is 10.7. The maximum atomic E-state index is 12.9. The fourth-order valence-electron chi connectivity index (χ4n) is 1.12. The number of hydrogen-bond acceptors (Lipinski definition) is 2. The topological polar surface area (TPSA) is 37.3 Å². The first-order valence-electron chi connectivity index (χ1n) is 4.27. The van der Waals surface area contributed by atoms with Gasteiger partial charge >= 0.3 is 0 Å². The van der Waals surface area contributed by atoms with E-state index in [-0.39, 0.29) is 12.4 Å². The SMILES string of the molecule is O=CCC=Cc1cc(F)cc(CO)c1. The molecule has 0 aliphatic carbocycles. The van der Waals surface area contributed by atoms with Crippen LogP contribution in [0.3, 0.4) is 0 Å². The fraction of sp³-hybridized carbons (Fsp3) is 0.182. The predicted molar refractivity (Wildman–Crippen MR) is 52.0 cm³/mol. The maximum absolute atomic E-state index is 12.9. The van der Waals surface area contributed by atoms with Crippen molar-refractivity contribution in [3.05, 3.63) is 41.2 Å². The second kappa shape index (κ2) is 5.29. The Hall–Kier alpha value is -1.48. The van der Waals surface area contributed by atoms with Gasteiger partial charge in [0.25, 0.3) is 0 Å². The van der Waals surface area contributed by atoms with Crippen LogP contribution in [0.15, 0.2) is 24.3 Å². The maximum Gasteiger partial charge on any atom is 0.124 e. The summed E-state index contributed by atoms with van der Waals surface area (Å²) in [4.78, 5) is 10.0. The van der Waals surface area contributed by atoms with Crippen molar-refractivity contribution in [3.63, 3.8) is 0 Å². The lowest BCUT2D eigenvalue weighted by molar-refractivity contribution is -0.107. The van der Waals surface area contributed by atoms with Gasteiger partial charge in [-0.3, -0.25) is 0 Å². The Balaban J connectivity index is 2.86. The van der Waals surface area contributed by atoms with Crippen molar-refractivity contribution in [3.8, 4) is 0 Å². The molecule has 1 aromatic carbocycles. The Bertz CT molecular complexity index is 345. The van der Waals surface area contributed by atoms with Crippen LogP contribution in [0.1, 0.15) is 17.5 Å². The minimum Gasteiger partial charge on any atom is -0.392 e. The van der Waals surface area contributed by atoms with Gasteiger partial charge in [-0.25, -0.2) is 4.39 Å². The monoisotopic (exact) mass is 194 g/mol. The number of carbonyl (C=O) groups excluding carboxylic acids is 1. The zero-order chi connectivity index (χ0) is 10.4. The standard InChI is InChI=1S/C11H11FO2/c12-11-6-9(3-1-2-4-13)5-10(7-11)8-14/h1,3-7,14H,2,8H2. The quantitative estimate of drug-likeness (QED) is 0.743. The third-order valence-electron chi connectivity index (χ3n) is 1.71. The average Bonchev–Trinajstić information content (AvgIpc) is 2.17. The molecule has 0 saturated carbocycles. The zero-order valence-electron chi connectivity index (χ0n) is 7.61. The Kier molecular flexibility index (Phi) is 4.01. The fourth-order valence-corrected chi connectivity index (χ4v) is 1.12. The van der Waals surface area contributed by atoms with Crippen molar-refractivity contribution in [2.75, 3.05) is 0 Å². The van der Waals surface area contributed by atoms with E-state index in [0.717, 1.165) is 6.29 Å². The molecular weight excluding hydrogens is 183 g/mol. The molecule has 1 aromatic rings. The van der Waals surface area contributed by atoms with E-state index in [1.54, 1.807) is 18.2 Å². The molecule has 0 heterocycles. The predicted octanol–water partition coefficient (Wildman–Crippen LogP) is 1.92. The molecule has 0 aromatic heterocycles. The van der Waals surface area contributed by atoms with Crippen molar-refractivity contribution < 1.29 is 14.3 Å². The van der Waals surface area contributed by atoms with Crippen LogP contribution in [-0.2, 0) is 11.4 Å². The van der Waals surface area contributed by atoms with E-state index >= 15 is 0 Å². The number of allylic oxidation sites excluding steroid dienone is 1. The van der Waals surface area contributed by atoms with Crippen molar-refractivity contribution in [1.29, 1.82) is 0 Å². The first-order chi connectivity index (χ1) is 6.76. The highest BCUT2D eigenvalue weighted by Crippen LogP contribution is 2.11. The largest absolute Gasteiger partial charge is 0.392 e. The lowest BCUT2D eigenvalue weighted by atomic mass is 10.1. The summed E-state index contributed by atoms with van der Waals surface area (Å²) in [5.41, 5.74) is 1.17. The highest BCUT2D eigenvalue weighted by Gasteiger charge is 1.97. The van der Waals surface area contributed by atoms with Crippen LogP contribution < -0.4 is 0 Å². The second-order valence-corrected chi connectivity index (χ2v) is 2.86. The molecule has 0 spiro atoms. The number of aldehydes is 1. The molecule has 0 unspecified atom stereocenters. The van der Waals surface area contributed by atoms with Gasteiger partial charge in [0.1, 0.15) is 12.1 Å². The molecule has 14 heavy (non-hydrogen) atoms. The third-order valence-corrected chi connectivity index (χ3v) is 1.71. The van der Waals surface area contributed by atoms with Crippen LogP contribution in [0.2, 0.25) is 0 Å². The first kappa shape index (κ1) is 10.6. The average molecular weight is 194 g/mol. The van der Waals surface area contributed by atoms with Crippen molar-refractivity contribution in [1.82, 2.24) is 0 Å². The molecule has 2 nitrogen and oxygen atoms in total. The summed E-state index contributed by atoms with van der Waals surface area (Å²) in [5, 5.41) is 8.81. The molecule has 0 aliphatic rings. The van der Waals surface area contributed by atoms with Gasteiger partial charge < -0.3 is 9.90 Å². The second-order valence-electron chi connectivity index (χ2n) is 2.86. The summed E-state index contributed by atoms with van der Waals surface area (Å²) in [6, 6.07) is 4.29. The Labute approximate surface area is 81.7 Å². The van der Waals surface area contributed by atoms with E-state index in [1.165, 1.54) is 12.1 Å². The molecule has 1 N–H and O–H groups in total. The van der Waals surface area contributed by atoms with Gasteiger partial charge in [0.15, 0.2) is 0 Å². The summed E-state index contributed by atoms with van der Waals surface area (Å²) in [6.07, 6.45) is 4.37. The molecule has 0 atom stereocenters. The van der Waals surface area contributed by atoms with Crippen LogP contribution >= 0.6 is 0 Å². The molecule has 0 amide bonds. The summed E-state index contributed by atoms with van der Waals surface area (Å²) >= 11 is 0. The number of aliphatic hydroxyl groups excluding tert-OH is 1. The molecule has 1 rings (SSSR count). The van der Waals surface area contributed by atoms with E-state index in [2.05, 4.69) is 0 Å². The number of halogens is 1. The van der Waals surface area contributed by atoms with Gasteiger partial charge in [0.05, 0.1) is 6.61 Å². The van der Waals surface area contributed by atoms with E-state index in [0.29, 0.717) is 17.5 Å². The van der Waals surface area contributed by atoms with E-state index in [1.807, 2.05) is 0 Å². The molecular formula is C11H11FO2. The molecule has 3 heteroatoms. The summed E-state index contributed by atoms with van der Waals surface area (Å²) in [6.45, 7) is -0.188. The van der Waals surface area contributed by atoms with E-state index in [4.69, 9.17) is 5.11 Å². The van der Waals surface area contributed by atoms with Crippen molar-refractivity contribution in [2.45, 2.75) is 13.0 Å². The highest BCUT2D eigenvalue weighted by molar-refractivity contribution is 5.58. The van der Waals surface area contributed by atoms with Crippen LogP contribution in [0.25, 0.3) is 6.08 Å². The number of rotatable bonds is 4. The lowest BCUT2D eigenvalue weighted by Gasteiger charge is -1.99. The summed E-state index contributed by atoms with van der Waals surface area (Å²) in [7, 11) is 0. The van der Waals surface area contributed by atoms with Crippen LogP contribution in [0, 0.1) is 5.82 Å². The summed E-state index contributed by atoms with van der Waals surface area (Å²) < 4.78 is 12.9. The number of carbonyl (C=O) groups is 1. The number of benzene rings is 1. The molecule has 0 radical (unpaired) electrons. The smallest absolute Gasteiger partial charge is 0.124 e. The van der Waals surface area contributed by atoms with Gasteiger partial charge in [-0.1, -0.05) is 12.2 Å². The van der Waals surface area contributed by atoms with Crippen LogP contribution in [0.4, 0.5) is 4.39 Å². The molecule has 0 aliphatic heterocycles. The molecule has 0 bridgehead atoms. The Morgan fingerprint density at radius 3 is 2.79 bits per heavy atom. The Morgan fingerprint density at radius 2 is 2.14 bits per heavy atom. The van der Waals surface area contributed by atoms with Crippen molar-refractivity contribution >= 4 is 12.4 Å². The van der Waals surface area contributed by atoms with Crippen molar-refractivity contribution in [2.24, 2.45) is 0 Å². The first-order valence-corrected chi connectivity index (χ1v) is 4.27. The van der Waals surface area contributed by atoms with E-state index < -0.39 is 0 Å². The van der Waals surface area contributed by atoms with Gasteiger partial charge in [0, 0.05) is 6.42 Å². The lowest BCUT2D eigenvalue weighted by Crippen LogP contribution is -1.87. The highest BCUT2D eigenvalue weighted by atomic mass is 19.1. The van der Waals surface area contributed by atoms with Gasteiger partial charge in [0.2, 0.25) is 0 Å². The van der Waals surface area contributed by atoms with Gasteiger partial charge in [-0.15, -0.1) is 0 Å². The number of hydrogen-bond donors (Lipinski definition) is 1. The van der Waals surface area contributed by atoms with Crippen LogP contribution in [0.5, 0.6) is 0 Å². The zero-order valence-corrected chi connectivity index (χ0v) is 7.61. The van der Waals surface area contributed by atoms with E-state index in [9.17, 15) is 9.18 Å². The molecule has 0 fully saturated rings. The Morgan fingerprint density at radius 1 is 1.36 bits per heavy atom. The van der Waals surface area contributed by atoms with Gasteiger partial charge in [-0.05, 0) is 29.3 Å². The minimum atomic E-state index is -0.387. The molecule has 0 saturated heterocycles. The number of aliphatic hydroxyl groups is 1. The minimum absolute atomic E-state index is 0.188. The van der Waals surface area contributed by atoms with Gasteiger partial charge in [-0.2, -0.15) is 0 Å².